The minimum atomic E-state index is 0.210. The van der Waals surface area contributed by atoms with Crippen LogP contribution in [0.15, 0.2) is 47.5 Å². The molecule has 0 aliphatic heterocycles. The molecular weight excluding hydrogens is 288 g/mol. The summed E-state index contributed by atoms with van der Waals surface area (Å²) in [4.78, 5) is 6.52. The summed E-state index contributed by atoms with van der Waals surface area (Å²) in [6, 6.07) is 13.6. The molecule has 0 unspecified atom stereocenters. The summed E-state index contributed by atoms with van der Waals surface area (Å²) < 4.78 is 10.7. The molecule has 0 aromatic heterocycles. The van der Waals surface area contributed by atoms with E-state index in [1.165, 1.54) is 0 Å². The normalized spacial score (nSPS) is 10.3. The predicted octanol–water partition coefficient (Wildman–Crippen LogP) is 3.52. The Labute approximate surface area is 137 Å². The third-order valence-corrected chi connectivity index (χ3v) is 3.23. The molecular formula is C19H20N2O2. The summed E-state index contributed by atoms with van der Waals surface area (Å²) in [5.74, 6) is 3.69. The number of benzene rings is 2. The average Bonchev–Trinajstić information content (AvgIpc) is 2.58. The highest BCUT2D eigenvalue weighted by atomic mass is 16.5. The first-order valence-electron chi connectivity index (χ1n) is 7.20. The Morgan fingerprint density at radius 2 is 1.87 bits per heavy atom. The third kappa shape index (κ3) is 4.52. The Kier molecular flexibility index (Phi) is 5.65. The lowest BCUT2D eigenvalue weighted by atomic mass is 10.2. The number of hydrogen-bond donors (Lipinski definition) is 0. The monoisotopic (exact) mass is 308 g/mol. The molecule has 0 aliphatic carbocycles. The summed E-state index contributed by atoms with van der Waals surface area (Å²) >= 11 is 0. The zero-order valence-electron chi connectivity index (χ0n) is 13.6. The van der Waals surface area contributed by atoms with E-state index in [-0.39, 0.29) is 6.61 Å². The van der Waals surface area contributed by atoms with Crippen LogP contribution in [0.3, 0.4) is 0 Å². The van der Waals surface area contributed by atoms with Crippen LogP contribution >= 0.6 is 0 Å². The van der Waals surface area contributed by atoms with Crippen LogP contribution in [-0.2, 0) is 0 Å². The number of ether oxygens (including phenoxy) is 2. The van der Waals surface area contributed by atoms with Crippen LogP contribution in [0.5, 0.6) is 11.5 Å². The first kappa shape index (κ1) is 16.4. The van der Waals surface area contributed by atoms with Crippen LogP contribution in [0.25, 0.3) is 0 Å². The first-order valence-corrected chi connectivity index (χ1v) is 7.20. The third-order valence-electron chi connectivity index (χ3n) is 3.23. The minimum Gasteiger partial charge on any atom is -0.493 e. The summed E-state index contributed by atoms with van der Waals surface area (Å²) in [6.45, 7) is 0.210. The summed E-state index contributed by atoms with van der Waals surface area (Å²) in [6.07, 6.45) is 6.99. The van der Waals surface area contributed by atoms with E-state index in [0.29, 0.717) is 11.5 Å². The maximum Gasteiger partial charge on any atom is 0.162 e. The van der Waals surface area contributed by atoms with Gasteiger partial charge in [-0.15, -0.1) is 6.42 Å². The van der Waals surface area contributed by atoms with E-state index < -0.39 is 0 Å². The zero-order valence-corrected chi connectivity index (χ0v) is 13.6. The second kappa shape index (κ2) is 7.90. The number of anilines is 1. The quantitative estimate of drug-likeness (QED) is 0.605. The fourth-order valence-corrected chi connectivity index (χ4v) is 1.99. The van der Waals surface area contributed by atoms with E-state index >= 15 is 0 Å². The van der Waals surface area contributed by atoms with Gasteiger partial charge in [-0.1, -0.05) is 5.92 Å². The highest BCUT2D eigenvalue weighted by Gasteiger charge is 2.04. The zero-order chi connectivity index (χ0) is 16.7. The van der Waals surface area contributed by atoms with E-state index in [9.17, 15) is 0 Å². The molecule has 2 aromatic rings. The SMILES string of the molecule is C#CCOc1ccc(C=Nc2ccc(N(C)C)cc2)cc1OC. The largest absolute Gasteiger partial charge is 0.493 e. The van der Waals surface area contributed by atoms with Crippen LogP contribution in [0.2, 0.25) is 0 Å². The number of terminal acetylenes is 1. The van der Waals surface area contributed by atoms with Crippen molar-refractivity contribution in [1.29, 1.82) is 0 Å². The van der Waals surface area contributed by atoms with E-state index in [4.69, 9.17) is 15.9 Å². The van der Waals surface area contributed by atoms with Crippen LogP contribution in [-0.4, -0.2) is 34.0 Å². The molecule has 0 fully saturated rings. The standard InChI is InChI=1S/C19H20N2O2/c1-5-12-23-18-11-6-15(13-19(18)22-4)14-20-16-7-9-17(10-8-16)21(2)3/h1,6-11,13-14H,12H2,2-4H3. The molecule has 2 rings (SSSR count). The summed E-state index contributed by atoms with van der Waals surface area (Å²) in [7, 11) is 5.61. The van der Waals surface area contributed by atoms with Crippen LogP contribution in [0, 0.1) is 12.3 Å². The second-order valence-electron chi connectivity index (χ2n) is 5.07. The van der Waals surface area contributed by atoms with Gasteiger partial charge < -0.3 is 14.4 Å². The Morgan fingerprint density at radius 3 is 2.48 bits per heavy atom. The lowest BCUT2D eigenvalue weighted by Crippen LogP contribution is -2.07. The van der Waals surface area contributed by atoms with Crippen molar-refractivity contribution in [1.82, 2.24) is 0 Å². The number of aliphatic imine (C=N–C) groups is 1. The molecule has 0 heterocycles. The second-order valence-corrected chi connectivity index (χ2v) is 5.07. The van der Waals surface area contributed by atoms with E-state index in [1.54, 1.807) is 13.3 Å². The fourth-order valence-electron chi connectivity index (χ4n) is 1.99. The van der Waals surface area contributed by atoms with Gasteiger partial charge in [-0.2, -0.15) is 0 Å². The van der Waals surface area contributed by atoms with Crippen molar-refractivity contribution in [3.05, 3.63) is 48.0 Å². The predicted molar refractivity (Wildman–Crippen MR) is 95.3 cm³/mol. The van der Waals surface area contributed by atoms with Crippen LogP contribution in [0.4, 0.5) is 11.4 Å². The fraction of sp³-hybridized carbons (Fsp3) is 0.211. The van der Waals surface area contributed by atoms with Gasteiger partial charge in [0.2, 0.25) is 0 Å². The molecule has 0 aliphatic rings. The van der Waals surface area contributed by atoms with Crippen molar-refractivity contribution in [2.45, 2.75) is 0 Å². The molecule has 118 valence electrons. The summed E-state index contributed by atoms with van der Waals surface area (Å²) in [5, 5.41) is 0. The van der Waals surface area contributed by atoms with Crippen molar-refractivity contribution >= 4 is 17.6 Å². The van der Waals surface area contributed by atoms with E-state index in [0.717, 1.165) is 16.9 Å². The maximum absolute atomic E-state index is 5.42. The minimum absolute atomic E-state index is 0.210. The molecule has 0 radical (unpaired) electrons. The van der Waals surface area contributed by atoms with Crippen LogP contribution < -0.4 is 14.4 Å². The Balaban J connectivity index is 2.14. The molecule has 4 nitrogen and oxygen atoms in total. The van der Waals surface area contributed by atoms with Crippen molar-refractivity contribution in [2.75, 3.05) is 32.7 Å². The van der Waals surface area contributed by atoms with Gasteiger partial charge in [0.25, 0.3) is 0 Å². The lowest BCUT2D eigenvalue weighted by molar-refractivity contribution is 0.331. The Hall–Kier alpha value is -2.93. The molecule has 0 spiro atoms. The highest BCUT2D eigenvalue weighted by molar-refractivity contribution is 5.83. The van der Waals surface area contributed by atoms with Crippen LogP contribution in [0.1, 0.15) is 5.56 Å². The van der Waals surface area contributed by atoms with Gasteiger partial charge in [-0.25, -0.2) is 0 Å². The highest BCUT2D eigenvalue weighted by Crippen LogP contribution is 2.27. The number of methoxy groups -OCH3 is 1. The number of nitrogens with zero attached hydrogens (tertiary/aromatic N) is 2. The smallest absolute Gasteiger partial charge is 0.162 e. The van der Waals surface area contributed by atoms with E-state index in [1.807, 2.05) is 61.5 Å². The maximum atomic E-state index is 5.42. The molecule has 0 saturated carbocycles. The molecule has 2 aromatic carbocycles. The topological polar surface area (TPSA) is 34.1 Å². The summed E-state index contributed by atoms with van der Waals surface area (Å²) in [5.41, 5.74) is 2.95. The van der Waals surface area contributed by atoms with Gasteiger partial charge in [0.05, 0.1) is 12.8 Å². The van der Waals surface area contributed by atoms with Gasteiger partial charge in [0.1, 0.15) is 6.61 Å². The molecule has 23 heavy (non-hydrogen) atoms. The molecule has 0 N–H and O–H groups in total. The van der Waals surface area contributed by atoms with Gasteiger partial charge in [0, 0.05) is 26.0 Å². The molecule has 0 amide bonds. The average molecular weight is 308 g/mol. The van der Waals surface area contributed by atoms with Gasteiger partial charge in [-0.3, -0.25) is 4.99 Å². The Morgan fingerprint density at radius 1 is 1.13 bits per heavy atom. The van der Waals surface area contributed by atoms with Gasteiger partial charge in [0.15, 0.2) is 11.5 Å². The van der Waals surface area contributed by atoms with Crippen molar-refractivity contribution in [3.63, 3.8) is 0 Å². The van der Waals surface area contributed by atoms with Crippen molar-refractivity contribution < 1.29 is 9.47 Å². The Bertz CT molecular complexity index is 713. The molecule has 0 bridgehead atoms. The molecule has 4 heteroatoms. The van der Waals surface area contributed by atoms with Gasteiger partial charge in [-0.05, 0) is 48.0 Å². The first-order chi connectivity index (χ1) is 11.1. The van der Waals surface area contributed by atoms with Crippen molar-refractivity contribution in [3.8, 4) is 23.8 Å². The molecule has 0 saturated heterocycles. The molecule has 0 atom stereocenters. The lowest BCUT2D eigenvalue weighted by Gasteiger charge is -2.11. The van der Waals surface area contributed by atoms with Crippen molar-refractivity contribution in [2.24, 2.45) is 4.99 Å². The van der Waals surface area contributed by atoms with E-state index in [2.05, 4.69) is 10.9 Å². The van der Waals surface area contributed by atoms with Gasteiger partial charge >= 0.3 is 0 Å². The number of rotatable bonds is 6. The number of hydrogen-bond acceptors (Lipinski definition) is 4.